The molecule has 0 aromatic heterocycles. The summed E-state index contributed by atoms with van der Waals surface area (Å²) in [5.41, 5.74) is 3.74. The second-order valence-electron chi connectivity index (χ2n) is 8.26. The van der Waals surface area contributed by atoms with Crippen LogP contribution in [0.3, 0.4) is 0 Å². The number of benzene rings is 2. The van der Waals surface area contributed by atoms with E-state index >= 15 is 0 Å². The maximum atomic E-state index is 12.5. The fourth-order valence-corrected chi connectivity index (χ4v) is 3.47. The molecule has 0 radical (unpaired) electrons. The molecule has 0 unspecified atom stereocenters. The Balaban J connectivity index is 1.98. The van der Waals surface area contributed by atoms with Crippen LogP contribution in [0.5, 0.6) is 0 Å². The number of carbonyl (C=O) groups excluding carboxylic acids is 2. The van der Waals surface area contributed by atoms with E-state index in [4.69, 9.17) is 0 Å². The molecular formula is C24H34N3O2+. The van der Waals surface area contributed by atoms with Crippen LogP contribution in [0.15, 0.2) is 48.5 Å². The predicted molar refractivity (Wildman–Crippen MR) is 118 cm³/mol. The van der Waals surface area contributed by atoms with Crippen molar-refractivity contribution in [2.45, 2.75) is 40.2 Å². The summed E-state index contributed by atoms with van der Waals surface area (Å²) < 4.78 is 0. The maximum absolute atomic E-state index is 12.5. The highest BCUT2D eigenvalue weighted by molar-refractivity contribution is 5.97. The summed E-state index contributed by atoms with van der Waals surface area (Å²) in [7, 11) is 1.59. The lowest BCUT2D eigenvalue weighted by atomic mass is 9.93. The summed E-state index contributed by atoms with van der Waals surface area (Å²) in [6.07, 6.45) is 1.08. The van der Waals surface area contributed by atoms with E-state index in [1.807, 2.05) is 0 Å². The first kappa shape index (κ1) is 22.6. The van der Waals surface area contributed by atoms with E-state index in [2.05, 4.69) is 67.9 Å². The van der Waals surface area contributed by atoms with Crippen molar-refractivity contribution >= 4 is 17.5 Å². The standard InChI is InChI=1S/C24H33N3O2/c1-16(2)13-18-9-11-19(12-10-18)23(17(3)4)26-15-22(28)27-21-8-6-7-20(14-21)24(29)25-5/h6-12,14,16-17,23,26H,13,15H2,1-5H3,(H,25,29)(H,27,28)/p+1/t23-/m0/s1. The van der Waals surface area contributed by atoms with Gasteiger partial charge in [-0.2, -0.15) is 0 Å². The smallest absolute Gasteiger partial charge is 0.279 e. The third-order valence-corrected chi connectivity index (χ3v) is 4.92. The fraction of sp³-hybridized carbons (Fsp3) is 0.417. The monoisotopic (exact) mass is 396 g/mol. The van der Waals surface area contributed by atoms with Gasteiger partial charge in [0, 0.05) is 29.8 Å². The van der Waals surface area contributed by atoms with Gasteiger partial charge in [0.15, 0.2) is 6.54 Å². The largest absolute Gasteiger partial charge is 0.355 e. The minimum Gasteiger partial charge on any atom is -0.355 e. The Morgan fingerprint density at radius 1 is 1.00 bits per heavy atom. The van der Waals surface area contributed by atoms with Crippen molar-refractivity contribution in [3.63, 3.8) is 0 Å². The lowest BCUT2D eigenvalue weighted by Crippen LogP contribution is -2.88. The van der Waals surface area contributed by atoms with Gasteiger partial charge in [-0.15, -0.1) is 0 Å². The summed E-state index contributed by atoms with van der Waals surface area (Å²) in [6.45, 7) is 9.12. The van der Waals surface area contributed by atoms with E-state index in [9.17, 15) is 9.59 Å². The first-order chi connectivity index (χ1) is 13.8. The number of amides is 2. The van der Waals surface area contributed by atoms with Gasteiger partial charge < -0.3 is 16.0 Å². The van der Waals surface area contributed by atoms with E-state index in [0.717, 1.165) is 6.42 Å². The molecule has 2 aromatic rings. The number of carbonyl (C=O) groups is 2. The SMILES string of the molecule is CNC(=O)c1cccc(NC(=O)C[NH2+][C@H](c2ccc(CC(C)C)cc2)C(C)C)c1. The molecule has 1 atom stereocenters. The quantitative estimate of drug-likeness (QED) is 0.609. The van der Waals surface area contributed by atoms with E-state index in [1.165, 1.54) is 11.1 Å². The zero-order valence-corrected chi connectivity index (χ0v) is 18.2. The summed E-state index contributed by atoms with van der Waals surface area (Å²) in [5.74, 6) is 0.781. The Morgan fingerprint density at radius 2 is 1.69 bits per heavy atom. The molecule has 0 fully saturated rings. The van der Waals surface area contributed by atoms with Gasteiger partial charge in [0.1, 0.15) is 6.04 Å². The Kier molecular flexibility index (Phi) is 8.40. The average molecular weight is 397 g/mol. The van der Waals surface area contributed by atoms with Crippen LogP contribution in [0.2, 0.25) is 0 Å². The number of anilines is 1. The van der Waals surface area contributed by atoms with Crippen molar-refractivity contribution in [1.29, 1.82) is 0 Å². The van der Waals surface area contributed by atoms with Crippen molar-refractivity contribution in [2.75, 3.05) is 18.9 Å². The summed E-state index contributed by atoms with van der Waals surface area (Å²) in [5, 5.41) is 7.56. The Morgan fingerprint density at radius 3 is 2.28 bits per heavy atom. The minimum absolute atomic E-state index is 0.0823. The van der Waals surface area contributed by atoms with Crippen LogP contribution in [0.25, 0.3) is 0 Å². The predicted octanol–water partition coefficient (Wildman–Crippen LogP) is 3.14. The highest BCUT2D eigenvalue weighted by Crippen LogP contribution is 2.19. The first-order valence-electron chi connectivity index (χ1n) is 10.3. The molecule has 4 N–H and O–H groups in total. The lowest BCUT2D eigenvalue weighted by Gasteiger charge is -2.20. The molecule has 5 nitrogen and oxygen atoms in total. The van der Waals surface area contributed by atoms with Crippen molar-refractivity contribution in [2.24, 2.45) is 11.8 Å². The van der Waals surface area contributed by atoms with E-state index < -0.39 is 0 Å². The molecule has 0 aliphatic carbocycles. The highest BCUT2D eigenvalue weighted by atomic mass is 16.2. The van der Waals surface area contributed by atoms with Gasteiger partial charge in [0.2, 0.25) is 0 Å². The Bertz CT molecular complexity index is 813. The van der Waals surface area contributed by atoms with Crippen molar-refractivity contribution in [3.8, 4) is 0 Å². The summed E-state index contributed by atoms with van der Waals surface area (Å²) in [6, 6.07) is 15.9. The van der Waals surface area contributed by atoms with Crippen LogP contribution >= 0.6 is 0 Å². The topological polar surface area (TPSA) is 74.8 Å². The highest BCUT2D eigenvalue weighted by Gasteiger charge is 2.20. The average Bonchev–Trinajstić information content (AvgIpc) is 2.68. The number of nitrogens with one attached hydrogen (secondary N) is 2. The minimum atomic E-state index is -0.173. The van der Waals surface area contributed by atoms with Gasteiger partial charge in [-0.3, -0.25) is 9.59 Å². The van der Waals surface area contributed by atoms with Crippen LogP contribution < -0.4 is 16.0 Å². The molecule has 2 amide bonds. The number of rotatable bonds is 9. The van der Waals surface area contributed by atoms with Crippen LogP contribution in [0, 0.1) is 11.8 Å². The van der Waals surface area contributed by atoms with Crippen LogP contribution in [-0.2, 0) is 11.2 Å². The van der Waals surface area contributed by atoms with Gasteiger partial charge in [0.05, 0.1) is 0 Å². The third kappa shape index (κ3) is 7.02. The molecule has 0 saturated carbocycles. The molecule has 29 heavy (non-hydrogen) atoms. The van der Waals surface area contributed by atoms with Crippen LogP contribution in [-0.4, -0.2) is 25.4 Å². The maximum Gasteiger partial charge on any atom is 0.279 e. The fourth-order valence-electron chi connectivity index (χ4n) is 3.47. The second-order valence-corrected chi connectivity index (χ2v) is 8.26. The molecular weight excluding hydrogens is 362 g/mol. The molecule has 0 bridgehead atoms. The zero-order valence-electron chi connectivity index (χ0n) is 18.2. The van der Waals surface area contributed by atoms with Gasteiger partial charge >= 0.3 is 0 Å². The number of hydrogen-bond donors (Lipinski definition) is 3. The number of hydrogen-bond acceptors (Lipinski definition) is 2. The third-order valence-electron chi connectivity index (χ3n) is 4.92. The van der Waals surface area contributed by atoms with Gasteiger partial charge in [-0.05, 0) is 36.1 Å². The van der Waals surface area contributed by atoms with E-state index in [0.29, 0.717) is 29.6 Å². The molecule has 0 saturated heterocycles. The molecule has 0 spiro atoms. The number of nitrogens with two attached hydrogens (primary N) is 1. The number of quaternary nitrogens is 1. The normalized spacial score (nSPS) is 12.1. The first-order valence-corrected chi connectivity index (χ1v) is 10.3. The lowest BCUT2D eigenvalue weighted by molar-refractivity contribution is -0.692. The van der Waals surface area contributed by atoms with Gasteiger partial charge in [0.25, 0.3) is 11.8 Å². The van der Waals surface area contributed by atoms with Crippen LogP contribution in [0.4, 0.5) is 5.69 Å². The van der Waals surface area contributed by atoms with E-state index in [-0.39, 0.29) is 17.9 Å². The van der Waals surface area contributed by atoms with Crippen molar-refractivity contribution < 1.29 is 14.9 Å². The molecule has 0 aliphatic heterocycles. The summed E-state index contributed by atoms with van der Waals surface area (Å²) >= 11 is 0. The van der Waals surface area contributed by atoms with Crippen molar-refractivity contribution in [1.82, 2.24) is 5.32 Å². The van der Waals surface area contributed by atoms with Gasteiger partial charge in [-0.1, -0.05) is 58.0 Å². The van der Waals surface area contributed by atoms with E-state index in [1.54, 1.807) is 31.3 Å². The molecule has 0 aliphatic rings. The molecule has 2 rings (SSSR count). The molecule has 0 heterocycles. The molecule has 5 heteroatoms. The van der Waals surface area contributed by atoms with Crippen LogP contribution in [0.1, 0.15) is 55.2 Å². The Labute approximate surface area is 174 Å². The van der Waals surface area contributed by atoms with Gasteiger partial charge in [-0.25, -0.2) is 0 Å². The van der Waals surface area contributed by atoms with Crippen molar-refractivity contribution in [3.05, 3.63) is 65.2 Å². The molecule has 156 valence electrons. The Hall–Kier alpha value is -2.66. The second kappa shape index (κ2) is 10.8. The molecule has 2 aromatic carbocycles. The zero-order chi connectivity index (χ0) is 21.4. The summed E-state index contributed by atoms with van der Waals surface area (Å²) in [4.78, 5) is 24.2.